The second kappa shape index (κ2) is 8.11. The smallest absolute Gasteiger partial charge is 0.134 e. The molecular formula is C18H27NO. The molecule has 110 valence electrons. The summed E-state index contributed by atoms with van der Waals surface area (Å²) in [6, 6.07) is 8.77. The molecule has 0 spiro atoms. The van der Waals surface area contributed by atoms with Crippen LogP contribution in [0.2, 0.25) is 0 Å². The molecule has 0 radical (unpaired) electrons. The van der Waals surface area contributed by atoms with Gasteiger partial charge in [-0.25, -0.2) is 0 Å². The minimum atomic E-state index is 0.426. The van der Waals surface area contributed by atoms with Crippen LogP contribution in [-0.2, 0) is 0 Å². The van der Waals surface area contributed by atoms with E-state index in [2.05, 4.69) is 31.3 Å². The summed E-state index contributed by atoms with van der Waals surface area (Å²) in [5.74, 6) is 0. The molecule has 0 fully saturated rings. The topological polar surface area (TPSA) is 25.2 Å². The van der Waals surface area contributed by atoms with E-state index in [0.29, 0.717) is 6.04 Å². The van der Waals surface area contributed by atoms with Crippen LogP contribution in [0.1, 0.15) is 64.0 Å². The Hall–Kier alpha value is -1.28. The largest absolute Gasteiger partial charge is 0.464 e. The van der Waals surface area contributed by atoms with Crippen LogP contribution in [0.25, 0.3) is 11.0 Å². The van der Waals surface area contributed by atoms with Crippen molar-refractivity contribution in [3.05, 3.63) is 36.1 Å². The Balaban J connectivity index is 2.08. The first-order valence-corrected chi connectivity index (χ1v) is 8.06. The number of furan rings is 1. The van der Waals surface area contributed by atoms with E-state index in [4.69, 9.17) is 4.42 Å². The zero-order valence-electron chi connectivity index (χ0n) is 12.8. The van der Waals surface area contributed by atoms with Crippen LogP contribution in [0.3, 0.4) is 0 Å². The second-order valence-corrected chi connectivity index (χ2v) is 5.54. The number of para-hydroxylation sites is 1. The molecule has 0 saturated carbocycles. The van der Waals surface area contributed by atoms with Crippen molar-refractivity contribution in [3.8, 4) is 0 Å². The average molecular weight is 273 g/mol. The van der Waals surface area contributed by atoms with Crippen LogP contribution in [0.15, 0.2) is 34.9 Å². The molecule has 0 aliphatic carbocycles. The van der Waals surface area contributed by atoms with E-state index in [9.17, 15) is 0 Å². The first-order chi connectivity index (χ1) is 9.86. The molecule has 2 aromatic rings. The van der Waals surface area contributed by atoms with E-state index in [1.807, 2.05) is 18.4 Å². The molecule has 1 N–H and O–H groups in total. The van der Waals surface area contributed by atoms with Crippen molar-refractivity contribution in [1.29, 1.82) is 0 Å². The number of hydrogen-bond donors (Lipinski definition) is 1. The van der Waals surface area contributed by atoms with Crippen molar-refractivity contribution >= 4 is 11.0 Å². The maximum absolute atomic E-state index is 5.70. The molecule has 1 unspecified atom stereocenters. The van der Waals surface area contributed by atoms with E-state index in [-0.39, 0.29) is 0 Å². The number of fused-ring (bicyclic) bond motifs is 1. The van der Waals surface area contributed by atoms with Crippen molar-refractivity contribution in [2.24, 2.45) is 0 Å². The van der Waals surface area contributed by atoms with Crippen LogP contribution in [0.4, 0.5) is 0 Å². The highest BCUT2D eigenvalue weighted by Crippen LogP contribution is 2.29. The molecule has 0 saturated heterocycles. The molecule has 2 nitrogen and oxygen atoms in total. The first kappa shape index (κ1) is 15.1. The molecule has 0 aliphatic heterocycles. The third kappa shape index (κ3) is 3.86. The van der Waals surface area contributed by atoms with Gasteiger partial charge in [0.1, 0.15) is 5.58 Å². The van der Waals surface area contributed by atoms with E-state index in [0.717, 1.165) is 12.1 Å². The Labute approximate surface area is 122 Å². The van der Waals surface area contributed by atoms with Gasteiger partial charge >= 0.3 is 0 Å². The minimum Gasteiger partial charge on any atom is -0.464 e. The Kier molecular flexibility index (Phi) is 6.13. The second-order valence-electron chi connectivity index (χ2n) is 5.54. The van der Waals surface area contributed by atoms with Gasteiger partial charge in [0.15, 0.2) is 0 Å². The first-order valence-electron chi connectivity index (χ1n) is 8.06. The molecule has 2 rings (SSSR count). The minimum absolute atomic E-state index is 0.426. The lowest BCUT2D eigenvalue weighted by Gasteiger charge is -2.17. The number of nitrogens with one attached hydrogen (secondary N) is 1. The van der Waals surface area contributed by atoms with Crippen LogP contribution < -0.4 is 5.32 Å². The maximum atomic E-state index is 5.70. The Morgan fingerprint density at radius 3 is 2.70 bits per heavy atom. The van der Waals surface area contributed by atoms with Crippen molar-refractivity contribution in [3.63, 3.8) is 0 Å². The Bertz CT molecular complexity index is 503. The highest BCUT2D eigenvalue weighted by Gasteiger charge is 2.15. The summed E-state index contributed by atoms with van der Waals surface area (Å²) in [7, 11) is 0. The van der Waals surface area contributed by atoms with Gasteiger partial charge in [0.25, 0.3) is 0 Å². The fraction of sp³-hybridized carbons (Fsp3) is 0.556. The Morgan fingerprint density at radius 1 is 1.05 bits per heavy atom. The van der Waals surface area contributed by atoms with Gasteiger partial charge in [-0.3, -0.25) is 0 Å². The van der Waals surface area contributed by atoms with E-state index in [1.54, 1.807) is 0 Å². The van der Waals surface area contributed by atoms with Crippen LogP contribution >= 0.6 is 0 Å². The summed E-state index contributed by atoms with van der Waals surface area (Å²) < 4.78 is 5.70. The molecule has 0 aliphatic rings. The summed E-state index contributed by atoms with van der Waals surface area (Å²) in [5.41, 5.74) is 2.32. The van der Waals surface area contributed by atoms with Gasteiger partial charge < -0.3 is 9.73 Å². The SMILES string of the molecule is CCCCCCC(NCCC)c1coc2ccccc12. The Morgan fingerprint density at radius 2 is 1.90 bits per heavy atom. The van der Waals surface area contributed by atoms with Crippen molar-refractivity contribution in [1.82, 2.24) is 5.32 Å². The molecule has 0 amide bonds. The normalized spacial score (nSPS) is 12.9. The lowest BCUT2D eigenvalue weighted by Crippen LogP contribution is -2.21. The van der Waals surface area contributed by atoms with Gasteiger partial charge in [0.2, 0.25) is 0 Å². The quantitative estimate of drug-likeness (QED) is 0.615. The van der Waals surface area contributed by atoms with Crippen molar-refractivity contribution < 1.29 is 4.42 Å². The number of rotatable bonds is 9. The average Bonchev–Trinajstić information content (AvgIpc) is 2.91. The molecule has 20 heavy (non-hydrogen) atoms. The highest BCUT2D eigenvalue weighted by atomic mass is 16.3. The molecule has 1 atom stereocenters. The van der Waals surface area contributed by atoms with Crippen LogP contribution in [0.5, 0.6) is 0 Å². The lowest BCUT2D eigenvalue weighted by molar-refractivity contribution is 0.466. The molecule has 0 bridgehead atoms. The van der Waals surface area contributed by atoms with Gasteiger partial charge in [-0.05, 0) is 25.5 Å². The predicted octanol–water partition coefficient (Wildman–Crippen LogP) is 5.44. The van der Waals surface area contributed by atoms with Gasteiger partial charge in [-0.2, -0.15) is 0 Å². The lowest BCUT2D eigenvalue weighted by atomic mass is 9.99. The fourth-order valence-corrected chi connectivity index (χ4v) is 2.73. The summed E-state index contributed by atoms with van der Waals surface area (Å²) in [5, 5.41) is 4.94. The standard InChI is InChI=1S/C18H27NO/c1-3-5-6-7-11-17(19-13-4-2)16-14-20-18-12-9-8-10-15(16)18/h8-10,12,14,17,19H,3-7,11,13H2,1-2H3. The third-order valence-electron chi connectivity index (χ3n) is 3.87. The molecular weight excluding hydrogens is 246 g/mol. The van der Waals surface area contributed by atoms with Gasteiger partial charge in [0, 0.05) is 17.0 Å². The summed E-state index contributed by atoms with van der Waals surface area (Å²) in [6.07, 6.45) is 9.56. The third-order valence-corrected chi connectivity index (χ3v) is 3.87. The highest BCUT2D eigenvalue weighted by molar-refractivity contribution is 5.81. The monoisotopic (exact) mass is 273 g/mol. The van der Waals surface area contributed by atoms with Gasteiger partial charge in [-0.1, -0.05) is 57.7 Å². The van der Waals surface area contributed by atoms with Gasteiger partial charge in [0.05, 0.1) is 6.26 Å². The number of hydrogen-bond acceptors (Lipinski definition) is 2. The van der Waals surface area contributed by atoms with Gasteiger partial charge in [-0.15, -0.1) is 0 Å². The molecule has 1 heterocycles. The summed E-state index contributed by atoms with van der Waals surface area (Å²) >= 11 is 0. The van der Waals surface area contributed by atoms with Crippen LogP contribution in [-0.4, -0.2) is 6.54 Å². The predicted molar refractivity (Wildman–Crippen MR) is 86.0 cm³/mol. The summed E-state index contributed by atoms with van der Waals surface area (Å²) in [4.78, 5) is 0. The molecule has 1 aromatic carbocycles. The van der Waals surface area contributed by atoms with Crippen molar-refractivity contribution in [2.75, 3.05) is 6.54 Å². The fourth-order valence-electron chi connectivity index (χ4n) is 2.73. The summed E-state index contributed by atoms with van der Waals surface area (Å²) in [6.45, 7) is 5.54. The van der Waals surface area contributed by atoms with E-state index < -0.39 is 0 Å². The van der Waals surface area contributed by atoms with E-state index >= 15 is 0 Å². The van der Waals surface area contributed by atoms with Crippen LogP contribution in [0, 0.1) is 0 Å². The van der Waals surface area contributed by atoms with E-state index in [1.165, 1.54) is 49.5 Å². The zero-order chi connectivity index (χ0) is 14.2. The number of unbranched alkanes of at least 4 members (excludes halogenated alkanes) is 3. The zero-order valence-corrected chi connectivity index (χ0v) is 12.8. The molecule has 1 aromatic heterocycles. The molecule has 2 heteroatoms. The number of benzene rings is 1. The maximum Gasteiger partial charge on any atom is 0.134 e. The van der Waals surface area contributed by atoms with Crippen molar-refractivity contribution in [2.45, 2.75) is 58.4 Å².